The van der Waals surface area contributed by atoms with E-state index in [1.54, 1.807) is 12.1 Å². The van der Waals surface area contributed by atoms with Gasteiger partial charge in [-0.15, -0.1) is 11.3 Å². The normalized spacial score (nSPS) is 10.3. The summed E-state index contributed by atoms with van der Waals surface area (Å²) in [5, 5.41) is 3.03. The predicted octanol–water partition coefficient (Wildman–Crippen LogP) is 4.98. The van der Waals surface area contributed by atoms with Gasteiger partial charge in [-0.05, 0) is 12.1 Å². The molecule has 0 saturated heterocycles. The molecule has 0 atom stereocenters. The summed E-state index contributed by atoms with van der Waals surface area (Å²) in [5.74, 6) is 0.466. The average molecular weight is 367 g/mol. The number of carbonyl (C=O) groups excluding carboxylic acids is 1. The highest BCUT2D eigenvalue weighted by Gasteiger charge is 2.17. The third-order valence-electron chi connectivity index (χ3n) is 2.62. The molecule has 1 aromatic carbocycles. The molecule has 8 heteroatoms. The van der Waals surface area contributed by atoms with E-state index in [4.69, 9.17) is 44.3 Å². The van der Waals surface area contributed by atoms with Gasteiger partial charge in [0, 0.05) is 6.07 Å². The van der Waals surface area contributed by atoms with E-state index < -0.39 is 5.91 Å². The van der Waals surface area contributed by atoms with Crippen LogP contribution in [-0.4, -0.2) is 20.1 Å². The van der Waals surface area contributed by atoms with Crippen molar-refractivity contribution in [3.63, 3.8) is 0 Å². The van der Waals surface area contributed by atoms with Crippen LogP contribution in [0.2, 0.25) is 13.7 Å². The quantitative estimate of drug-likeness (QED) is 0.830. The SMILES string of the molecule is COc1cc(OC)c(NC(=O)c2cc(Cl)sc2Cl)cc1Cl. The molecule has 0 radical (unpaired) electrons. The van der Waals surface area contributed by atoms with E-state index in [0.717, 1.165) is 11.3 Å². The second kappa shape index (κ2) is 6.75. The van der Waals surface area contributed by atoms with Gasteiger partial charge in [0.05, 0.1) is 34.8 Å². The predicted molar refractivity (Wildman–Crippen MR) is 86.8 cm³/mol. The summed E-state index contributed by atoms with van der Waals surface area (Å²) in [6, 6.07) is 4.63. The van der Waals surface area contributed by atoms with Gasteiger partial charge in [0.15, 0.2) is 0 Å². The molecular weight excluding hydrogens is 357 g/mol. The van der Waals surface area contributed by atoms with Crippen molar-refractivity contribution in [1.29, 1.82) is 0 Å². The molecule has 4 nitrogen and oxygen atoms in total. The smallest absolute Gasteiger partial charge is 0.258 e. The minimum Gasteiger partial charge on any atom is -0.495 e. The van der Waals surface area contributed by atoms with E-state index in [1.165, 1.54) is 20.3 Å². The number of amides is 1. The van der Waals surface area contributed by atoms with Crippen molar-refractivity contribution in [2.24, 2.45) is 0 Å². The maximum Gasteiger partial charge on any atom is 0.258 e. The van der Waals surface area contributed by atoms with Crippen LogP contribution < -0.4 is 14.8 Å². The number of carbonyl (C=O) groups is 1. The number of hydrogen-bond acceptors (Lipinski definition) is 4. The average Bonchev–Trinajstić information content (AvgIpc) is 2.78. The van der Waals surface area contributed by atoms with Gasteiger partial charge in [0.25, 0.3) is 5.91 Å². The molecule has 1 N–H and O–H groups in total. The van der Waals surface area contributed by atoms with Crippen LogP contribution in [0, 0.1) is 0 Å². The number of methoxy groups -OCH3 is 2. The van der Waals surface area contributed by atoms with Crippen molar-refractivity contribution in [3.05, 3.63) is 37.5 Å². The topological polar surface area (TPSA) is 47.6 Å². The lowest BCUT2D eigenvalue weighted by Crippen LogP contribution is -2.12. The largest absolute Gasteiger partial charge is 0.495 e. The molecule has 1 heterocycles. The molecule has 21 heavy (non-hydrogen) atoms. The van der Waals surface area contributed by atoms with Crippen molar-refractivity contribution >= 4 is 57.7 Å². The molecule has 0 bridgehead atoms. The number of halogens is 3. The van der Waals surface area contributed by atoms with Crippen LogP contribution in [0.15, 0.2) is 18.2 Å². The first-order valence-electron chi connectivity index (χ1n) is 5.64. The Bertz CT molecular complexity index is 688. The summed E-state index contributed by atoms with van der Waals surface area (Å²) in [4.78, 5) is 12.2. The Morgan fingerprint density at radius 3 is 2.29 bits per heavy atom. The van der Waals surface area contributed by atoms with Gasteiger partial charge in [0.2, 0.25) is 0 Å². The van der Waals surface area contributed by atoms with Crippen LogP contribution in [0.1, 0.15) is 10.4 Å². The van der Waals surface area contributed by atoms with Gasteiger partial charge in [-0.3, -0.25) is 4.79 Å². The minimum atomic E-state index is -0.400. The van der Waals surface area contributed by atoms with Crippen LogP contribution in [0.5, 0.6) is 11.5 Å². The highest BCUT2D eigenvalue weighted by Crippen LogP contribution is 2.37. The first-order chi connectivity index (χ1) is 9.96. The fraction of sp³-hybridized carbons (Fsp3) is 0.154. The molecule has 112 valence electrons. The van der Waals surface area contributed by atoms with E-state index in [0.29, 0.717) is 36.4 Å². The maximum absolute atomic E-state index is 12.2. The molecule has 2 aromatic rings. The van der Waals surface area contributed by atoms with Gasteiger partial charge in [-0.25, -0.2) is 0 Å². The van der Waals surface area contributed by atoms with Crippen molar-refractivity contribution in [2.45, 2.75) is 0 Å². The zero-order chi connectivity index (χ0) is 15.6. The lowest BCUT2D eigenvalue weighted by atomic mass is 10.2. The first-order valence-corrected chi connectivity index (χ1v) is 7.59. The van der Waals surface area contributed by atoms with E-state index in [1.807, 2.05) is 0 Å². The zero-order valence-corrected chi connectivity index (χ0v) is 14.1. The second-order valence-corrected chi connectivity index (χ2v) is 6.57. The van der Waals surface area contributed by atoms with Crippen molar-refractivity contribution in [3.8, 4) is 11.5 Å². The summed E-state index contributed by atoms with van der Waals surface area (Å²) in [6.07, 6.45) is 0. The number of benzene rings is 1. The number of anilines is 1. The summed E-state index contributed by atoms with van der Waals surface area (Å²) in [6.45, 7) is 0. The molecule has 2 rings (SSSR count). The van der Waals surface area contributed by atoms with Gasteiger partial charge >= 0.3 is 0 Å². The lowest BCUT2D eigenvalue weighted by Gasteiger charge is -2.12. The molecule has 0 fully saturated rings. The zero-order valence-electron chi connectivity index (χ0n) is 11.0. The summed E-state index contributed by atoms with van der Waals surface area (Å²) in [5.41, 5.74) is 0.701. The summed E-state index contributed by atoms with van der Waals surface area (Å²) >= 11 is 18.9. The molecule has 0 aliphatic heterocycles. The molecule has 0 aliphatic rings. The Morgan fingerprint density at radius 2 is 1.76 bits per heavy atom. The van der Waals surface area contributed by atoms with Crippen LogP contribution in [0.4, 0.5) is 5.69 Å². The molecule has 1 amide bonds. The van der Waals surface area contributed by atoms with E-state index >= 15 is 0 Å². The molecule has 0 unspecified atom stereocenters. The van der Waals surface area contributed by atoms with Crippen molar-refractivity contribution in [2.75, 3.05) is 19.5 Å². The van der Waals surface area contributed by atoms with Gasteiger partial charge in [-0.2, -0.15) is 0 Å². The van der Waals surface area contributed by atoms with E-state index in [9.17, 15) is 4.79 Å². The van der Waals surface area contributed by atoms with E-state index in [-0.39, 0.29) is 0 Å². The third-order valence-corrected chi connectivity index (χ3v) is 4.41. The lowest BCUT2D eigenvalue weighted by molar-refractivity contribution is 0.102. The fourth-order valence-electron chi connectivity index (χ4n) is 1.64. The number of rotatable bonds is 4. The van der Waals surface area contributed by atoms with Gasteiger partial charge in [-0.1, -0.05) is 34.8 Å². The first kappa shape index (κ1) is 16.2. The Kier molecular flexibility index (Phi) is 5.22. The van der Waals surface area contributed by atoms with Crippen molar-refractivity contribution < 1.29 is 14.3 Å². The molecule has 0 spiro atoms. The van der Waals surface area contributed by atoms with Crippen LogP contribution in [0.3, 0.4) is 0 Å². The van der Waals surface area contributed by atoms with Gasteiger partial charge < -0.3 is 14.8 Å². The third kappa shape index (κ3) is 3.55. The Hall–Kier alpha value is -1.14. The Labute approximate surface area is 140 Å². The van der Waals surface area contributed by atoms with Gasteiger partial charge in [0.1, 0.15) is 15.8 Å². The minimum absolute atomic E-state index is 0.292. The summed E-state index contributed by atoms with van der Waals surface area (Å²) < 4.78 is 11.0. The van der Waals surface area contributed by atoms with Crippen LogP contribution in [0.25, 0.3) is 0 Å². The monoisotopic (exact) mass is 365 g/mol. The number of hydrogen-bond donors (Lipinski definition) is 1. The summed E-state index contributed by atoms with van der Waals surface area (Å²) in [7, 11) is 2.97. The van der Waals surface area contributed by atoms with E-state index in [2.05, 4.69) is 5.32 Å². The molecular formula is C13H10Cl3NO3S. The maximum atomic E-state index is 12.2. The molecule has 0 saturated carbocycles. The fourth-order valence-corrected chi connectivity index (χ4v) is 3.34. The van der Waals surface area contributed by atoms with Crippen LogP contribution >= 0.6 is 46.1 Å². The Morgan fingerprint density at radius 1 is 1.10 bits per heavy atom. The second-order valence-electron chi connectivity index (χ2n) is 3.88. The standard InChI is InChI=1S/C13H10Cl3NO3S/c1-19-9-5-10(20-2)8(4-7(9)14)17-13(18)6-3-11(15)21-12(6)16/h3-5H,1-2H3,(H,17,18). The number of ether oxygens (including phenoxy) is 2. The van der Waals surface area contributed by atoms with Crippen molar-refractivity contribution in [1.82, 2.24) is 0 Å². The number of nitrogens with one attached hydrogen (secondary N) is 1. The van der Waals surface area contributed by atoms with Crippen LogP contribution in [-0.2, 0) is 0 Å². The molecule has 0 aliphatic carbocycles. The highest BCUT2D eigenvalue weighted by atomic mass is 35.5. The highest BCUT2D eigenvalue weighted by molar-refractivity contribution is 7.20. The molecule has 1 aromatic heterocycles. The Balaban J connectivity index is 2.32. The number of thiophene rings is 1.